The average Bonchev–Trinajstić information content (AvgIpc) is 2.29. The molecular formula is C10H10BrNO4. The molecule has 1 rings (SSSR count). The fourth-order valence-corrected chi connectivity index (χ4v) is 1.55. The molecule has 0 heterocycles. The largest absolute Gasteiger partial charge is 0.507 e. The third-order valence-electron chi connectivity index (χ3n) is 1.93. The number of phenolic OH excluding ortho intramolecular Hbond substituents is 1. The van der Waals surface area contributed by atoms with Crippen LogP contribution in [0.4, 0.5) is 0 Å². The van der Waals surface area contributed by atoms with E-state index in [0.717, 1.165) is 0 Å². The molecule has 0 aliphatic rings. The van der Waals surface area contributed by atoms with Crippen LogP contribution in [-0.4, -0.2) is 29.1 Å². The Hall–Kier alpha value is -1.56. The highest BCUT2D eigenvalue weighted by Gasteiger charge is 2.13. The van der Waals surface area contributed by atoms with Gasteiger partial charge in [-0.25, -0.2) is 4.79 Å². The van der Waals surface area contributed by atoms with Crippen LogP contribution in [0.5, 0.6) is 5.75 Å². The van der Waals surface area contributed by atoms with Crippen LogP contribution >= 0.6 is 15.9 Å². The number of phenols is 1. The summed E-state index contributed by atoms with van der Waals surface area (Å²) in [7, 11) is 1.21. The Bertz CT molecular complexity index is 431. The lowest BCUT2D eigenvalue weighted by Crippen LogP contribution is -2.18. The predicted octanol–water partition coefficient (Wildman–Crippen LogP) is 1.70. The highest BCUT2D eigenvalue weighted by atomic mass is 79.9. The molecule has 0 spiro atoms. The van der Waals surface area contributed by atoms with Crippen LogP contribution < -0.4 is 0 Å². The molecule has 0 bridgehead atoms. The second-order valence-electron chi connectivity index (χ2n) is 3.00. The number of benzene rings is 1. The first-order chi connectivity index (χ1) is 7.58. The molecule has 0 atom stereocenters. The number of aromatic hydroxyl groups is 1. The van der Waals surface area contributed by atoms with Gasteiger partial charge in [0.1, 0.15) is 5.75 Å². The highest BCUT2D eigenvalue weighted by Crippen LogP contribution is 2.24. The number of nitrogens with zero attached hydrogens (tertiary/aromatic N) is 1. The topological polar surface area (TPSA) is 79.1 Å². The van der Waals surface area contributed by atoms with Crippen molar-refractivity contribution >= 4 is 27.6 Å². The molecule has 0 aliphatic heterocycles. The molecule has 6 heteroatoms. The van der Waals surface area contributed by atoms with Gasteiger partial charge in [0.25, 0.3) is 0 Å². The molecular weight excluding hydrogens is 278 g/mol. The molecule has 5 nitrogen and oxygen atoms in total. The second kappa shape index (κ2) is 5.50. The fourth-order valence-electron chi connectivity index (χ4n) is 1.12. The highest BCUT2D eigenvalue weighted by molar-refractivity contribution is 9.10. The summed E-state index contributed by atoms with van der Waals surface area (Å²) in [4.78, 5) is 11.1. The number of ether oxygens (including phenoxy) is 1. The minimum absolute atomic E-state index is 0.0971. The van der Waals surface area contributed by atoms with Gasteiger partial charge in [0, 0.05) is 6.42 Å². The first-order valence-electron chi connectivity index (χ1n) is 4.35. The van der Waals surface area contributed by atoms with Gasteiger partial charge in [0.05, 0.1) is 11.6 Å². The zero-order valence-electron chi connectivity index (χ0n) is 8.48. The van der Waals surface area contributed by atoms with Crippen molar-refractivity contribution in [2.45, 2.75) is 6.42 Å². The smallest absolute Gasteiger partial charge is 0.356 e. The molecule has 0 amide bonds. The summed E-state index contributed by atoms with van der Waals surface area (Å²) in [5, 5.41) is 20.8. The quantitative estimate of drug-likeness (QED) is 0.384. The van der Waals surface area contributed by atoms with E-state index in [1.54, 1.807) is 12.1 Å². The summed E-state index contributed by atoms with van der Waals surface area (Å²) in [6.07, 6.45) is 0.127. The number of oxime groups is 1. The normalized spacial score (nSPS) is 11.2. The van der Waals surface area contributed by atoms with Gasteiger partial charge < -0.3 is 15.1 Å². The third kappa shape index (κ3) is 2.96. The van der Waals surface area contributed by atoms with Crippen molar-refractivity contribution in [2.24, 2.45) is 5.16 Å². The van der Waals surface area contributed by atoms with Gasteiger partial charge in [-0.05, 0) is 33.6 Å². The van der Waals surface area contributed by atoms with Crippen molar-refractivity contribution in [2.75, 3.05) is 7.11 Å². The van der Waals surface area contributed by atoms with Crippen LogP contribution in [0.3, 0.4) is 0 Å². The SMILES string of the molecule is COC(=O)/C(Cc1ccc(O)c(Br)c1)=N\O. The van der Waals surface area contributed by atoms with Crippen LogP contribution in [-0.2, 0) is 16.0 Å². The maximum absolute atomic E-state index is 11.1. The number of esters is 1. The fraction of sp³-hybridized carbons (Fsp3) is 0.200. The van der Waals surface area contributed by atoms with E-state index in [1.807, 2.05) is 0 Å². The number of hydrogen-bond donors (Lipinski definition) is 2. The summed E-state index contributed by atoms with van der Waals surface area (Å²) >= 11 is 3.14. The number of carbonyl (C=O) groups is 1. The van der Waals surface area contributed by atoms with Crippen LogP contribution in [0.15, 0.2) is 27.8 Å². The van der Waals surface area contributed by atoms with Gasteiger partial charge >= 0.3 is 5.97 Å². The lowest BCUT2D eigenvalue weighted by molar-refractivity contribution is -0.132. The molecule has 0 radical (unpaired) electrons. The van der Waals surface area contributed by atoms with Gasteiger partial charge in [-0.15, -0.1) is 0 Å². The first kappa shape index (κ1) is 12.5. The van der Waals surface area contributed by atoms with Crippen molar-refractivity contribution < 1.29 is 19.8 Å². The molecule has 0 saturated carbocycles. The Balaban J connectivity index is 2.87. The molecule has 16 heavy (non-hydrogen) atoms. The van der Waals surface area contributed by atoms with Crippen LogP contribution in [0, 0.1) is 0 Å². The van der Waals surface area contributed by atoms with Crippen LogP contribution in [0.1, 0.15) is 5.56 Å². The predicted molar refractivity (Wildman–Crippen MR) is 60.7 cm³/mol. The summed E-state index contributed by atoms with van der Waals surface area (Å²) in [5.41, 5.74) is 0.614. The van der Waals surface area contributed by atoms with Crippen molar-refractivity contribution in [1.82, 2.24) is 0 Å². The Morgan fingerprint density at radius 3 is 2.75 bits per heavy atom. The molecule has 0 fully saturated rings. The number of hydrogen-bond acceptors (Lipinski definition) is 5. The van der Waals surface area contributed by atoms with Gasteiger partial charge in [-0.2, -0.15) is 0 Å². The minimum atomic E-state index is -0.688. The van der Waals surface area contributed by atoms with Crippen molar-refractivity contribution in [1.29, 1.82) is 0 Å². The molecule has 0 aromatic heterocycles. The van der Waals surface area contributed by atoms with E-state index in [4.69, 9.17) is 5.21 Å². The molecule has 86 valence electrons. The van der Waals surface area contributed by atoms with Crippen molar-refractivity contribution in [3.05, 3.63) is 28.2 Å². The van der Waals surface area contributed by atoms with Gasteiger partial charge in [0.15, 0.2) is 5.71 Å². The number of carbonyl (C=O) groups excluding carboxylic acids is 1. The second-order valence-corrected chi connectivity index (χ2v) is 3.86. The summed E-state index contributed by atoms with van der Waals surface area (Å²) in [5.74, 6) is -0.587. The first-order valence-corrected chi connectivity index (χ1v) is 5.14. The van der Waals surface area contributed by atoms with Crippen molar-refractivity contribution in [3.63, 3.8) is 0 Å². The molecule has 1 aromatic carbocycles. The summed E-state index contributed by atoms with van der Waals surface area (Å²) < 4.78 is 4.95. The number of methoxy groups -OCH3 is 1. The lowest BCUT2D eigenvalue weighted by atomic mass is 10.1. The number of halogens is 1. The third-order valence-corrected chi connectivity index (χ3v) is 2.56. The monoisotopic (exact) mass is 287 g/mol. The van der Waals surface area contributed by atoms with Crippen LogP contribution in [0.25, 0.3) is 0 Å². The molecule has 1 aromatic rings. The van der Waals surface area contributed by atoms with E-state index in [0.29, 0.717) is 10.0 Å². The van der Waals surface area contributed by atoms with E-state index in [1.165, 1.54) is 13.2 Å². The minimum Gasteiger partial charge on any atom is -0.507 e. The van der Waals surface area contributed by atoms with Crippen LogP contribution in [0.2, 0.25) is 0 Å². The van der Waals surface area contributed by atoms with Crippen molar-refractivity contribution in [3.8, 4) is 5.75 Å². The van der Waals surface area contributed by atoms with Gasteiger partial charge in [0.2, 0.25) is 0 Å². The zero-order chi connectivity index (χ0) is 12.1. The van der Waals surface area contributed by atoms with E-state index >= 15 is 0 Å². The van der Waals surface area contributed by atoms with E-state index in [9.17, 15) is 9.90 Å². The Labute approximate surface area is 100 Å². The Morgan fingerprint density at radius 2 is 2.25 bits per heavy atom. The average molecular weight is 288 g/mol. The molecule has 0 unspecified atom stereocenters. The molecule has 0 aliphatic carbocycles. The molecule has 0 saturated heterocycles. The maximum Gasteiger partial charge on any atom is 0.356 e. The van der Waals surface area contributed by atoms with Gasteiger partial charge in [-0.3, -0.25) is 0 Å². The summed E-state index contributed by atoms with van der Waals surface area (Å²) in [6.45, 7) is 0. The standard InChI is InChI=1S/C10H10BrNO4/c1-16-10(14)8(12-15)5-6-2-3-9(13)7(11)4-6/h2-4,13,15H,5H2,1H3/b12-8-. The van der Waals surface area contributed by atoms with E-state index < -0.39 is 5.97 Å². The van der Waals surface area contributed by atoms with Gasteiger partial charge in [-0.1, -0.05) is 11.2 Å². The Morgan fingerprint density at radius 1 is 1.56 bits per heavy atom. The summed E-state index contributed by atoms with van der Waals surface area (Å²) in [6, 6.07) is 4.73. The van der Waals surface area contributed by atoms with E-state index in [2.05, 4.69) is 25.8 Å². The maximum atomic E-state index is 11.1. The number of rotatable bonds is 3. The van der Waals surface area contributed by atoms with E-state index in [-0.39, 0.29) is 17.9 Å². The zero-order valence-corrected chi connectivity index (χ0v) is 10.1. The Kier molecular flexibility index (Phi) is 4.30. The lowest BCUT2D eigenvalue weighted by Gasteiger charge is -2.04. The molecule has 2 N–H and O–H groups in total.